The van der Waals surface area contributed by atoms with Crippen LogP contribution in [0.25, 0.3) is 10.9 Å². The third kappa shape index (κ3) is 7.60. The molecule has 1 saturated carbocycles. The highest BCUT2D eigenvalue weighted by molar-refractivity contribution is 5.96. The largest absolute Gasteiger partial charge is 0.488 e. The third-order valence-electron chi connectivity index (χ3n) is 9.32. The first-order valence-corrected chi connectivity index (χ1v) is 15.9. The van der Waals surface area contributed by atoms with Crippen molar-refractivity contribution in [2.24, 2.45) is 18.9 Å². The summed E-state index contributed by atoms with van der Waals surface area (Å²) >= 11 is 0. The summed E-state index contributed by atoms with van der Waals surface area (Å²) in [6.07, 6.45) is 8.84. The number of aromatic nitrogens is 1. The van der Waals surface area contributed by atoms with Crippen molar-refractivity contribution in [3.05, 3.63) is 59.8 Å². The molecule has 0 spiro atoms. The molecular weight excluding hydrogens is 540 g/mol. The molecule has 1 aliphatic carbocycles. The van der Waals surface area contributed by atoms with Crippen LogP contribution in [0.5, 0.6) is 5.75 Å². The van der Waals surface area contributed by atoms with Crippen molar-refractivity contribution in [2.45, 2.75) is 70.9 Å². The molecule has 2 aromatic carbocycles. The van der Waals surface area contributed by atoms with E-state index in [0.29, 0.717) is 18.0 Å². The van der Waals surface area contributed by atoms with Crippen molar-refractivity contribution in [1.29, 1.82) is 0 Å². The van der Waals surface area contributed by atoms with Gasteiger partial charge < -0.3 is 29.5 Å². The Morgan fingerprint density at radius 2 is 1.91 bits per heavy atom. The van der Waals surface area contributed by atoms with Crippen LogP contribution < -0.4 is 10.1 Å². The molecule has 2 amide bonds. The smallest absolute Gasteiger partial charge is 0.228 e. The molecule has 1 fully saturated rings. The maximum atomic E-state index is 13.6. The quantitative estimate of drug-likeness (QED) is 0.367. The number of fused-ring (bicyclic) bond motifs is 2. The Kier molecular flexibility index (Phi) is 10.1. The third-order valence-corrected chi connectivity index (χ3v) is 9.32. The van der Waals surface area contributed by atoms with Gasteiger partial charge in [0.2, 0.25) is 11.8 Å². The summed E-state index contributed by atoms with van der Waals surface area (Å²) < 4.78 is 8.75. The number of carbonyl (C=O) groups is 2. The summed E-state index contributed by atoms with van der Waals surface area (Å²) in [6, 6.07) is 13.4. The second-order valence-electron chi connectivity index (χ2n) is 12.9. The Balaban J connectivity index is 1.35. The first-order valence-electron chi connectivity index (χ1n) is 15.9. The van der Waals surface area contributed by atoms with Crippen LogP contribution in [0.3, 0.4) is 0 Å². The van der Waals surface area contributed by atoms with E-state index < -0.39 is 0 Å². The number of aryl methyl sites for hydroxylation is 1. The maximum absolute atomic E-state index is 13.6. The number of para-hydroxylation sites is 1. The Hall–Kier alpha value is -3.36. The fraction of sp³-hybridized carbons (Fsp3) is 0.543. The normalized spacial score (nSPS) is 20.7. The molecule has 3 aromatic rings. The van der Waals surface area contributed by atoms with Gasteiger partial charge in [-0.25, -0.2) is 0 Å². The Labute approximate surface area is 256 Å². The van der Waals surface area contributed by atoms with E-state index in [1.54, 1.807) is 4.90 Å². The van der Waals surface area contributed by atoms with E-state index in [1.807, 2.05) is 67.2 Å². The Bertz CT molecular complexity index is 1410. The van der Waals surface area contributed by atoms with Gasteiger partial charge >= 0.3 is 0 Å². The van der Waals surface area contributed by atoms with E-state index in [1.165, 1.54) is 32.1 Å². The molecule has 3 atom stereocenters. The average Bonchev–Trinajstić information content (AvgIpc) is 3.32. The number of anilines is 1. The lowest BCUT2D eigenvalue weighted by Gasteiger charge is -2.35. The zero-order chi connectivity index (χ0) is 30.5. The second kappa shape index (κ2) is 14.0. The number of hydrogen-bond donors (Lipinski definition) is 2. The van der Waals surface area contributed by atoms with Gasteiger partial charge in [-0.2, -0.15) is 0 Å². The minimum atomic E-state index is -0.291. The van der Waals surface area contributed by atoms with Crippen molar-refractivity contribution < 1.29 is 19.4 Å². The number of aliphatic hydroxyl groups is 1. The summed E-state index contributed by atoms with van der Waals surface area (Å²) in [7, 11) is 4.16. The number of aliphatic hydroxyl groups excluding tert-OH is 1. The van der Waals surface area contributed by atoms with E-state index in [2.05, 4.69) is 24.2 Å². The van der Waals surface area contributed by atoms with Crippen molar-refractivity contribution in [1.82, 2.24) is 14.4 Å². The van der Waals surface area contributed by atoms with Crippen LogP contribution in [0, 0.1) is 11.8 Å². The Morgan fingerprint density at radius 3 is 2.67 bits per heavy atom. The fourth-order valence-corrected chi connectivity index (χ4v) is 6.86. The molecule has 0 radical (unpaired) electrons. The van der Waals surface area contributed by atoms with Gasteiger partial charge in [-0.05, 0) is 62.6 Å². The number of amides is 2. The molecule has 0 unspecified atom stereocenters. The average molecular weight is 589 g/mol. The van der Waals surface area contributed by atoms with E-state index in [9.17, 15) is 14.7 Å². The number of carbonyl (C=O) groups excluding carboxylic acids is 2. The van der Waals surface area contributed by atoms with Gasteiger partial charge in [0.05, 0.1) is 25.5 Å². The molecule has 8 heteroatoms. The highest BCUT2D eigenvalue weighted by Crippen LogP contribution is 2.30. The molecule has 1 aliphatic heterocycles. The molecule has 2 heterocycles. The lowest BCUT2D eigenvalue weighted by Crippen LogP contribution is -2.48. The summed E-state index contributed by atoms with van der Waals surface area (Å²) in [5, 5.41) is 14.1. The zero-order valence-corrected chi connectivity index (χ0v) is 26.2. The zero-order valence-electron chi connectivity index (χ0n) is 26.2. The number of ether oxygens (including phenoxy) is 1. The van der Waals surface area contributed by atoms with Crippen LogP contribution in [0.1, 0.15) is 57.1 Å². The van der Waals surface area contributed by atoms with Gasteiger partial charge in [-0.15, -0.1) is 0 Å². The van der Waals surface area contributed by atoms with Crippen LogP contribution in [0.2, 0.25) is 0 Å². The molecular formula is C35H48N4O4. The first-order chi connectivity index (χ1) is 20.7. The van der Waals surface area contributed by atoms with Gasteiger partial charge in [0, 0.05) is 61.0 Å². The van der Waals surface area contributed by atoms with E-state index in [4.69, 9.17) is 4.74 Å². The lowest BCUT2D eigenvalue weighted by atomic mass is 9.89. The summed E-state index contributed by atoms with van der Waals surface area (Å²) in [6.45, 7) is 6.26. The first kappa shape index (κ1) is 31.1. The van der Waals surface area contributed by atoms with Crippen molar-refractivity contribution in [3.8, 4) is 5.75 Å². The van der Waals surface area contributed by atoms with Crippen molar-refractivity contribution >= 4 is 28.4 Å². The van der Waals surface area contributed by atoms with Gasteiger partial charge in [-0.3, -0.25) is 9.59 Å². The van der Waals surface area contributed by atoms with Gasteiger partial charge in [-0.1, -0.05) is 44.4 Å². The van der Waals surface area contributed by atoms with Gasteiger partial charge in [0.15, 0.2) is 0 Å². The van der Waals surface area contributed by atoms with Crippen LogP contribution >= 0.6 is 0 Å². The van der Waals surface area contributed by atoms with E-state index in [0.717, 1.165) is 41.0 Å². The summed E-state index contributed by atoms with van der Waals surface area (Å²) in [5.74, 6) is 1.32. The molecule has 8 nitrogen and oxygen atoms in total. The lowest BCUT2D eigenvalue weighted by molar-refractivity contribution is -0.134. The van der Waals surface area contributed by atoms with Crippen molar-refractivity contribution in [3.63, 3.8) is 0 Å². The maximum Gasteiger partial charge on any atom is 0.228 e. The van der Waals surface area contributed by atoms with Gasteiger partial charge in [0.25, 0.3) is 0 Å². The molecule has 43 heavy (non-hydrogen) atoms. The van der Waals surface area contributed by atoms with E-state index in [-0.39, 0.29) is 49.3 Å². The van der Waals surface area contributed by atoms with Crippen LogP contribution in [-0.4, -0.2) is 76.7 Å². The Morgan fingerprint density at radius 1 is 1.14 bits per heavy atom. The number of nitrogens with one attached hydrogen (secondary N) is 1. The second-order valence-corrected chi connectivity index (χ2v) is 12.9. The SMILES string of the molecule is C[C@H]1CN([C@@H](C)CO)C(=O)Cc2cc(NC(=O)Cc3cn(C)c4ccccc34)ccc2O[C@@H]1CN(C)CC1CCCCC1. The topological polar surface area (TPSA) is 87.0 Å². The minimum Gasteiger partial charge on any atom is -0.488 e. The molecule has 1 aromatic heterocycles. The predicted molar refractivity (Wildman–Crippen MR) is 171 cm³/mol. The number of rotatable bonds is 9. The fourth-order valence-electron chi connectivity index (χ4n) is 6.86. The molecule has 2 N–H and O–H groups in total. The molecule has 232 valence electrons. The number of hydrogen-bond acceptors (Lipinski definition) is 5. The summed E-state index contributed by atoms with van der Waals surface area (Å²) in [5.41, 5.74) is 3.45. The molecule has 5 rings (SSSR count). The van der Waals surface area contributed by atoms with Crippen molar-refractivity contribution in [2.75, 3.05) is 38.6 Å². The van der Waals surface area contributed by atoms with Crippen LogP contribution in [-0.2, 0) is 29.5 Å². The monoisotopic (exact) mass is 588 g/mol. The van der Waals surface area contributed by atoms with E-state index >= 15 is 0 Å². The van der Waals surface area contributed by atoms with Gasteiger partial charge in [0.1, 0.15) is 11.9 Å². The van der Waals surface area contributed by atoms with Crippen LogP contribution in [0.4, 0.5) is 5.69 Å². The number of nitrogens with zero attached hydrogens (tertiary/aromatic N) is 3. The summed E-state index contributed by atoms with van der Waals surface area (Å²) in [4.78, 5) is 30.9. The standard InChI is InChI=1S/C35H48N4O4/c1-24-19-39(25(2)23-40)35(42)18-27-16-29(36-34(41)17-28-21-38(4)31-13-9-8-12-30(28)31)14-15-32(27)43-33(24)22-37(3)20-26-10-6-5-7-11-26/h8-9,12-16,21,24-26,33,40H,5-7,10-11,17-20,22-23H2,1-4H3,(H,36,41)/t24-,25-,33+/m0/s1. The molecule has 0 saturated heterocycles. The highest BCUT2D eigenvalue weighted by atomic mass is 16.5. The highest BCUT2D eigenvalue weighted by Gasteiger charge is 2.31. The number of likely N-dealkylation sites (N-methyl/N-ethyl adjacent to an activating group) is 1. The predicted octanol–water partition coefficient (Wildman–Crippen LogP) is 5.02. The number of benzene rings is 2. The minimum absolute atomic E-state index is 0.0475. The molecule has 2 aliphatic rings. The molecule has 0 bridgehead atoms. The van der Waals surface area contributed by atoms with Crippen LogP contribution in [0.15, 0.2) is 48.7 Å².